The molecule has 0 saturated heterocycles. The van der Waals surface area contributed by atoms with Gasteiger partial charge in [-0.05, 0) is 11.8 Å². The van der Waals surface area contributed by atoms with Gasteiger partial charge in [0.05, 0.1) is 12.4 Å². The molecule has 7 nitrogen and oxygen atoms in total. The molecule has 16 heavy (non-hydrogen) atoms. The molecule has 0 aliphatic rings. The number of rotatable bonds is 3. The number of carbonyl (C=O) groups is 1. The van der Waals surface area contributed by atoms with E-state index in [1.165, 1.54) is 12.4 Å². The Balaban J connectivity index is 2.14. The molecule has 2 rings (SSSR count). The first kappa shape index (κ1) is 10.6. The molecule has 0 saturated carbocycles. The maximum atomic E-state index is 10.5. The van der Waals surface area contributed by atoms with E-state index < -0.39 is 5.97 Å². The largest absolute Gasteiger partial charge is 0.476 e. The van der Waals surface area contributed by atoms with Gasteiger partial charge in [0.15, 0.2) is 5.69 Å². The van der Waals surface area contributed by atoms with Crippen molar-refractivity contribution in [1.29, 1.82) is 0 Å². The summed E-state index contributed by atoms with van der Waals surface area (Å²) in [5, 5.41) is 16.9. The van der Waals surface area contributed by atoms with E-state index in [0.29, 0.717) is 16.1 Å². The van der Waals surface area contributed by atoms with Crippen molar-refractivity contribution in [3.8, 4) is 0 Å². The SMILES string of the molecule is Cc1nnc(Sc2cnc(C(=O)O)cn2)o1. The number of carboxylic acid groups (broad SMARTS) is 1. The van der Waals surface area contributed by atoms with Gasteiger partial charge in [-0.2, -0.15) is 0 Å². The van der Waals surface area contributed by atoms with Crippen molar-refractivity contribution < 1.29 is 14.3 Å². The molecule has 2 aromatic rings. The van der Waals surface area contributed by atoms with E-state index in [9.17, 15) is 4.79 Å². The topological polar surface area (TPSA) is 102 Å². The van der Waals surface area contributed by atoms with Crippen LogP contribution in [0.1, 0.15) is 16.4 Å². The number of aromatic carboxylic acids is 1. The van der Waals surface area contributed by atoms with E-state index in [0.717, 1.165) is 11.8 Å². The third kappa shape index (κ3) is 2.34. The van der Waals surface area contributed by atoms with Gasteiger partial charge in [-0.15, -0.1) is 10.2 Å². The molecule has 1 N–H and O–H groups in total. The number of hydrogen-bond donors (Lipinski definition) is 1. The van der Waals surface area contributed by atoms with Crippen LogP contribution in [-0.2, 0) is 0 Å². The number of aromatic nitrogens is 4. The van der Waals surface area contributed by atoms with Crippen LogP contribution in [0.15, 0.2) is 27.1 Å². The molecule has 0 unspecified atom stereocenters. The molecule has 82 valence electrons. The van der Waals surface area contributed by atoms with Crippen LogP contribution < -0.4 is 0 Å². The lowest BCUT2D eigenvalue weighted by molar-refractivity contribution is 0.0689. The fraction of sp³-hybridized carbons (Fsp3) is 0.125. The highest BCUT2D eigenvalue weighted by Gasteiger charge is 2.08. The number of hydrogen-bond acceptors (Lipinski definition) is 7. The minimum Gasteiger partial charge on any atom is -0.476 e. The summed E-state index contributed by atoms with van der Waals surface area (Å²) in [6.07, 6.45) is 2.52. The Labute approximate surface area is 93.9 Å². The molecule has 0 spiro atoms. The third-order valence-corrected chi connectivity index (χ3v) is 2.31. The van der Waals surface area contributed by atoms with Gasteiger partial charge in [0.1, 0.15) is 5.03 Å². The van der Waals surface area contributed by atoms with Crippen LogP contribution in [0.25, 0.3) is 0 Å². The monoisotopic (exact) mass is 238 g/mol. The second kappa shape index (κ2) is 4.27. The zero-order valence-electron chi connectivity index (χ0n) is 8.12. The average Bonchev–Trinajstić information content (AvgIpc) is 2.65. The van der Waals surface area contributed by atoms with Crippen molar-refractivity contribution in [3.05, 3.63) is 24.0 Å². The summed E-state index contributed by atoms with van der Waals surface area (Å²) in [6, 6.07) is 0. The molecular weight excluding hydrogens is 232 g/mol. The second-order valence-electron chi connectivity index (χ2n) is 2.73. The lowest BCUT2D eigenvalue weighted by Crippen LogP contribution is -2.00. The molecule has 0 aliphatic heterocycles. The highest BCUT2D eigenvalue weighted by Crippen LogP contribution is 2.23. The minimum atomic E-state index is -1.11. The summed E-state index contributed by atoms with van der Waals surface area (Å²) >= 11 is 1.12. The van der Waals surface area contributed by atoms with Crippen molar-refractivity contribution >= 4 is 17.7 Å². The quantitative estimate of drug-likeness (QED) is 0.845. The maximum Gasteiger partial charge on any atom is 0.356 e. The fourth-order valence-electron chi connectivity index (χ4n) is 0.888. The molecule has 0 amide bonds. The van der Waals surface area contributed by atoms with Gasteiger partial charge >= 0.3 is 5.97 Å². The first-order valence-corrected chi connectivity index (χ1v) is 5.00. The Kier molecular flexibility index (Phi) is 2.82. The first-order chi connectivity index (χ1) is 7.65. The number of aryl methyl sites for hydroxylation is 1. The molecule has 0 bridgehead atoms. The molecule has 8 heteroatoms. The van der Waals surface area contributed by atoms with E-state index in [2.05, 4.69) is 20.2 Å². The average molecular weight is 238 g/mol. The highest BCUT2D eigenvalue weighted by molar-refractivity contribution is 7.99. The Bertz CT molecular complexity index is 510. The zero-order chi connectivity index (χ0) is 11.5. The summed E-state index contributed by atoms with van der Waals surface area (Å²) < 4.78 is 5.12. The Morgan fingerprint density at radius 2 is 2.19 bits per heavy atom. The molecule has 0 radical (unpaired) electrons. The summed E-state index contributed by atoms with van der Waals surface area (Å²) in [5.41, 5.74) is -0.106. The van der Waals surface area contributed by atoms with Gasteiger partial charge in [0.25, 0.3) is 5.22 Å². The van der Waals surface area contributed by atoms with E-state index in [4.69, 9.17) is 9.52 Å². The minimum absolute atomic E-state index is 0.106. The van der Waals surface area contributed by atoms with Crippen LogP contribution in [0.3, 0.4) is 0 Å². The van der Waals surface area contributed by atoms with Crippen LogP contribution in [0, 0.1) is 6.92 Å². The van der Waals surface area contributed by atoms with Crippen molar-refractivity contribution in [2.45, 2.75) is 17.2 Å². The van der Waals surface area contributed by atoms with Crippen LogP contribution >= 0.6 is 11.8 Å². The Morgan fingerprint density at radius 1 is 1.38 bits per heavy atom. The standard InChI is InChI=1S/C8H6N4O3S/c1-4-11-12-8(15-4)16-6-3-9-5(2-10-6)7(13)14/h2-3H,1H3,(H,13,14). The summed E-state index contributed by atoms with van der Waals surface area (Å²) in [7, 11) is 0. The van der Waals surface area contributed by atoms with Gasteiger partial charge in [0.2, 0.25) is 5.89 Å². The predicted octanol–water partition coefficient (Wildman–Crippen LogP) is 1.02. The van der Waals surface area contributed by atoms with E-state index in [-0.39, 0.29) is 5.69 Å². The fourth-order valence-corrected chi connectivity index (χ4v) is 1.52. The molecule has 0 aliphatic carbocycles. The molecule has 2 heterocycles. The van der Waals surface area contributed by atoms with Gasteiger partial charge in [-0.1, -0.05) is 0 Å². The van der Waals surface area contributed by atoms with Crippen molar-refractivity contribution in [1.82, 2.24) is 20.2 Å². The van der Waals surface area contributed by atoms with Crippen LogP contribution in [-0.4, -0.2) is 31.2 Å². The van der Waals surface area contributed by atoms with E-state index in [1.54, 1.807) is 6.92 Å². The predicted molar refractivity (Wildman–Crippen MR) is 52.1 cm³/mol. The van der Waals surface area contributed by atoms with Gasteiger partial charge in [-0.3, -0.25) is 0 Å². The zero-order valence-corrected chi connectivity index (χ0v) is 8.93. The summed E-state index contributed by atoms with van der Waals surface area (Å²) in [4.78, 5) is 18.1. The number of carboxylic acids is 1. The van der Waals surface area contributed by atoms with E-state index >= 15 is 0 Å². The summed E-state index contributed by atoms with van der Waals surface area (Å²) in [6.45, 7) is 1.68. The highest BCUT2D eigenvalue weighted by atomic mass is 32.2. The van der Waals surface area contributed by atoms with Crippen LogP contribution in [0.2, 0.25) is 0 Å². The lowest BCUT2D eigenvalue weighted by Gasteiger charge is -1.95. The molecular formula is C8H6N4O3S. The van der Waals surface area contributed by atoms with E-state index in [1.807, 2.05) is 0 Å². The van der Waals surface area contributed by atoms with Crippen molar-refractivity contribution in [2.24, 2.45) is 0 Å². The third-order valence-electron chi connectivity index (χ3n) is 1.55. The van der Waals surface area contributed by atoms with Crippen LogP contribution in [0.5, 0.6) is 0 Å². The smallest absolute Gasteiger partial charge is 0.356 e. The lowest BCUT2D eigenvalue weighted by atomic mass is 10.5. The molecule has 2 aromatic heterocycles. The van der Waals surface area contributed by atoms with Crippen molar-refractivity contribution in [3.63, 3.8) is 0 Å². The second-order valence-corrected chi connectivity index (χ2v) is 3.71. The van der Waals surface area contributed by atoms with Crippen LogP contribution in [0.4, 0.5) is 0 Å². The van der Waals surface area contributed by atoms with Crippen molar-refractivity contribution in [2.75, 3.05) is 0 Å². The first-order valence-electron chi connectivity index (χ1n) is 4.18. The number of nitrogens with zero attached hydrogens (tertiary/aromatic N) is 4. The van der Waals surface area contributed by atoms with Gasteiger partial charge < -0.3 is 9.52 Å². The summed E-state index contributed by atoms with van der Waals surface area (Å²) in [5.74, 6) is -0.657. The Hall–Kier alpha value is -1.96. The maximum absolute atomic E-state index is 10.5. The normalized spacial score (nSPS) is 10.3. The molecule has 0 fully saturated rings. The molecule has 0 atom stereocenters. The van der Waals surface area contributed by atoms with Gasteiger partial charge in [-0.25, -0.2) is 14.8 Å². The van der Waals surface area contributed by atoms with Gasteiger partial charge in [0, 0.05) is 6.92 Å². The Morgan fingerprint density at radius 3 is 2.69 bits per heavy atom. The molecule has 0 aromatic carbocycles.